The molecule has 0 heterocycles. The maximum atomic E-state index is 13.7. The van der Waals surface area contributed by atoms with Crippen LogP contribution in [0.1, 0.15) is 17.2 Å². The summed E-state index contributed by atoms with van der Waals surface area (Å²) in [4.78, 5) is 12.3. The zero-order chi connectivity index (χ0) is 20.6. The maximum Gasteiger partial charge on any atom is 0.387 e. The van der Waals surface area contributed by atoms with Crippen molar-refractivity contribution < 1.29 is 28.0 Å². The molecule has 0 bridgehead atoms. The van der Waals surface area contributed by atoms with Gasteiger partial charge < -0.3 is 15.4 Å². The molecule has 1 atom stereocenters. The third-order valence-corrected chi connectivity index (χ3v) is 4.31. The molecule has 3 rings (SSSR count). The summed E-state index contributed by atoms with van der Waals surface area (Å²) < 4.78 is 42.8. The molecule has 0 unspecified atom stereocenters. The smallest absolute Gasteiger partial charge is 0.387 e. The zero-order valence-corrected chi connectivity index (χ0v) is 15.4. The lowest BCUT2D eigenvalue weighted by Crippen LogP contribution is -2.87. The maximum absolute atomic E-state index is 13.7. The lowest BCUT2D eigenvalue weighted by molar-refractivity contribution is -0.676. The summed E-state index contributed by atoms with van der Waals surface area (Å²) in [5.74, 6) is -0.795. The first kappa shape index (κ1) is 20.4. The number of hydrogen-bond acceptors (Lipinski definition) is 2. The zero-order valence-electron chi connectivity index (χ0n) is 15.4. The normalized spacial score (nSPS) is 11.9. The Balaban J connectivity index is 1.73. The molecule has 29 heavy (non-hydrogen) atoms. The fourth-order valence-electron chi connectivity index (χ4n) is 2.97. The molecule has 0 fully saturated rings. The molecule has 0 aliphatic heterocycles. The molecule has 0 spiro atoms. The van der Waals surface area contributed by atoms with Gasteiger partial charge in [-0.3, -0.25) is 4.79 Å². The van der Waals surface area contributed by atoms with E-state index in [1.165, 1.54) is 24.3 Å². The van der Waals surface area contributed by atoms with E-state index in [0.29, 0.717) is 0 Å². The number of benzene rings is 3. The van der Waals surface area contributed by atoms with Crippen molar-refractivity contribution in [2.45, 2.75) is 12.7 Å². The van der Waals surface area contributed by atoms with Crippen LogP contribution in [0.2, 0.25) is 0 Å². The van der Waals surface area contributed by atoms with Gasteiger partial charge in [0.05, 0.1) is 5.69 Å². The van der Waals surface area contributed by atoms with Gasteiger partial charge in [0, 0.05) is 11.1 Å². The highest BCUT2D eigenvalue weighted by Crippen LogP contribution is 2.22. The van der Waals surface area contributed by atoms with Crippen molar-refractivity contribution in [2.75, 3.05) is 11.9 Å². The molecule has 4 nitrogen and oxygen atoms in total. The summed E-state index contributed by atoms with van der Waals surface area (Å²) in [5.41, 5.74) is 1.88. The molecule has 7 heteroatoms. The molecular formula is C22H20F3N2O2+. The van der Waals surface area contributed by atoms with Crippen LogP contribution < -0.4 is 15.4 Å². The van der Waals surface area contributed by atoms with Crippen LogP contribution in [0.15, 0.2) is 78.9 Å². The third-order valence-electron chi connectivity index (χ3n) is 4.31. The van der Waals surface area contributed by atoms with E-state index < -0.39 is 12.4 Å². The van der Waals surface area contributed by atoms with E-state index in [9.17, 15) is 18.0 Å². The van der Waals surface area contributed by atoms with Crippen molar-refractivity contribution in [1.29, 1.82) is 0 Å². The van der Waals surface area contributed by atoms with Gasteiger partial charge in [-0.05, 0) is 36.4 Å². The summed E-state index contributed by atoms with van der Waals surface area (Å²) in [6, 6.07) is 21.5. The number of nitrogens with two attached hydrogens (primary N) is 1. The molecule has 3 aromatic rings. The summed E-state index contributed by atoms with van der Waals surface area (Å²) in [5, 5.41) is 4.35. The first-order valence-corrected chi connectivity index (χ1v) is 9.00. The second kappa shape index (κ2) is 9.75. The van der Waals surface area contributed by atoms with Crippen molar-refractivity contribution in [3.05, 3.63) is 95.8 Å². The standard InChI is InChI=1S/C22H19F3N2O2/c23-18-8-4-5-9-19(18)27-20(28)14-26-21(15-6-2-1-3-7-15)16-10-12-17(13-11-16)29-22(24)25/h1-13,21-22,26H,14H2,(H,27,28)/p+1/t21-/m1/s1. The van der Waals surface area contributed by atoms with Crippen molar-refractivity contribution in [3.8, 4) is 5.75 Å². The quantitative estimate of drug-likeness (QED) is 0.605. The van der Waals surface area contributed by atoms with Gasteiger partial charge in [0.15, 0.2) is 6.54 Å². The second-order valence-electron chi connectivity index (χ2n) is 6.30. The number of carbonyl (C=O) groups is 1. The van der Waals surface area contributed by atoms with E-state index in [-0.39, 0.29) is 29.9 Å². The van der Waals surface area contributed by atoms with Gasteiger partial charge in [-0.15, -0.1) is 0 Å². The summed E-state index contributed by atoms with van der Waals surface area (Å²) in [6.45, 7) is -2.84. The minimum absolute atomic E-state index is 0.0448. The van der Waals surface area contributed by atoms with Gasteiger partial charge in [0.1, 0.15) is 17.6 Å². The van der Waals surface area contributed by atoms with E-state index in [1.54, 1.807) is 29.6 Å². The Hall–Kier alpha value is -3.32. The number of carbonyl (C=O) groups excluding carboxylic acids is 1. The number of anilines is 1. The molecule has 150 valence electrons. The van der Waals surface area contributed by atoms with E-state index in [0.717, 1.165) is 11.1 Å². The monoisotopic (exact) mass is 401 g/mol. The minimum Gasteiger partial charge on any atom is -0.435 e. The van der Waals surface area contributed by atoms with Crippen LogP contribution in [-0.4, -0.2) is 19.1 Å². The first-order chi connectivity index (χ1) is 14.0. The fourth-order valence-corrected chi connectivity index (χ4v) is 2.97. The van der Waals surface area contributed by atoms with Crippen molar-refractivity contribution in [3.63, 3.8) is 0 Å². The SMILES string of the molecule is O=C(C[NH2+][C@H](c1ccccc1)c1ccc(OC(F)F)cc1)Nc1ccccc1F. The number of nitrogens with one attached hydrogen (secondary N) is 1. The lowest BCUT2D eigenvalue weighted by Gasteiger charge is -2.17. The number of alkyl halides is 2. The largest absolute Gasteiger partial charge is 0.435 e. The molecule has 0 aliphatic carbocycles. The number of halogens is 3. The van der Waals surface area contributed by atoms with E-state index in [1.807, 2.05) is 30.3 Å². The topological polar surface area (TPSA) is 54.9 Å². The number of para-hydroxylation sites is 1. The Morgan fingerprint density at radius 1 is 0.897 bits per heavy atom. The van der Waals surface area contributed by atoms with Gasteiger partial charge >= 0.3 is 6.61 Å². The van der Waals surface area contributed by atoms with Crippen LogP contribution in [0.4, 0.5) is 18.9 Å². The highest BCUT2D eigenvalue weighted by molar-refractivity contribution is 5.91. The molecule has 0 aromatic heterocycles. The number of quaternary nitrogens is 1. The van der Waals surface area contributed by atoms with Crippen molar-refractivity contribution >= 4 is 11.6 Å². The van der Waals surface area contributed by atoms with Gasteiger partial charge in [-0.2, -0.15) is 8.78 Å². The average molecular weight is 401 g/mol. The molecule has 1 amide bonds. The van der Waals surface area contributed by atoms with E-state index >= 15 is 0 Å². The van der Waals surface area contributed by atoms with E-state index in [2.05, 4.69) is 10.1 Å². The van der Waals surface area contributed by atoms with Crippen LogP contribution in [0.3, 0.4) is 0 Å². The summed E-state index contributed by atoms with van der Waals surface area (Å²) in [6.07, 6.45) is 0. The molecule has 0 radical (unpaired) electrons. The molecule has 0 aliphatic rings. The molecular weight excluding hydrogens is 381 g/mol. The molecule has 0 saturated carbocycles. The Kier molecular flexibility index (Phi) is 6.86. The number of amides is 1. The van der Waals surface area contributed by atoms with Crippen molar-refractivity contribution in [2.24, 2.45) is 0 Å². The van der Waals surface area contributed by atoms with Crippen LogP contribution in [-0.2, 0) is 4.79 Å². The lowest BCUT2D eigenvalue weighted by atomic mass is 9.98. The molecule has 0 saturated heterocycles. The number of ether oxygens (including phenoxy) is 1. The van der Waals surface area contributed by atoms with Crippen LogP contribution in [0.25, 0.3) is 0 Å². The first-order valence-electron chi connectivity index (χ1n) is 9.00. The summed E-state index contributed by atoms with van der Waals surface area (Å²) in [7, 11) is 0. The van der Waals surface area contributed by atoms with Gasteiger partial charge in [0.2, 0.25) is 0 Å². The van der Waals surface area contributed by atoms with Crippen LogP contribution in [0, 0.1) is 5.82 Å². The van der Waals surface area contributed by atoms with Crippen LogP contribution in [0.5, 0.6) is 5.75 Å². The Morgan fingerprint density at radius 2 is 1.52 bits per heavy atom. The predicted octanol–water partition coefficient (Wildman–Crippen LogP) is 3.72. The summed E-state index contributed by atoms with van der Waals surface area (Å²) >= 11 is 0. The highest BCUT2D eigenvalue weighted by atomic mass is 19.3. The second-order valence-corrected chi connectivity index (χ2v) is 6.30. The predicted molar refractivity (Wildman–Crippen MR) is 103 cm³/mol. The van der Waals surface area contributed by atoms with E-state index in [4.69, 9.17) is 0 Å². The number of rotatable bonds is 8. The van der Waals surface area contributed by atoms with Crippen molar-refractivity contribution in [1.82, 2.24) is 0 Å². The fraction of sp³-hybridized carbons (Fsp3) is 0.136. The minimum atomic E-state index is -2.89. The Bertz CT molecular complexity index is 934. The van der Waals surface area contributed by atoms with Crippen LogP contribution >= 0.6 is 0 Å². The average Bonchev–Trinajstić information content (AvgIpc) is 2.71. The van der Waals surface area contributed by atoms with Gasteiger partial charge in [-0.25, -0.2) is 4.39 Å². The third kappa shape index (κ3) is 5.83. The van der Waals surface area contributed by atoms with Gasteiger partial charge in [0.25, 0.3) is 5.91 Å². The molecule has 3 aromatic carbocycles. The number of hydrogen-bond donors (Lipinski definition) is 2. The highest BCUT2D eigenvalue weighted by Gasteiger charge is 2.20. The van der Waals surface area contributed by atoms with Gasteiger partial charge in [-0.1, -0.05) is 42.5 Å². The molecule has 3 N–H and O–H groups in total. The Morgan fingerprint density at radius 3 is 2.17 bits per heavy atom. The Labute approximate surface area is 166 Å².